The summed E-state index contributed by atoms with van der Waals surface area (Å²) in [7, 11) is 0. The number of hydrogen-bond acceptors (Lipinski definition) is 5. The molecule has 2 heterocycles. The Kier molecular flexibility index (Phi) is 9.85. The third kappa shape index (κ3) is 6.90. The van der Waals surface area contributed by atoms with E-state index in [1.807, 2.05) is 18.2 Å². The Hall–Kier alpha value is -9.61. The van der Waals surface area contributed by atoms with Crippen LogP contribution in [-0.4, -0.2) is 9.13 Å². The zero-order chi connectivity index (χ0) is 47.6. The predicted molar refractivity (Wildman–Crippen MR) is 245 cm³/mol. The van der Waals surface area contributed by atoms with Gasteiger partial charge in [-0.25, -0.2) is 0 Å². The molecular weight excluding hydrogens is 873 g/mol. The SMILES string of the molecule is N#Cc1cc(C#N)cc(-c2ccc3c4ccccc4n(-c4cc(-c5c(C(F)(F)F)cccc5C(F)(F)F)c(-n5c6ccccc6c6ccc(-c7cc(C#N)cc(C#N)c7)cc65)cc4C#N)c3c2)c1. The molecule has 0 saturated carbocycles. The van der Waals surface area contributed by atoms with E-state index in [2.05, 4.69) is 18.2 Å². The molecule has 68 heavy (non-hydrogen) atoms. The molecule has 0 unspecified atom stereocenters. The highest BCUT2D eigenvalue weighted by Gasteiger charge is 2.42. The maximum Gasteiger partial charge on any atom is 0.417 e. The Bertz CT molecular complexity index is 3930. The molecule has 0 aliphatic rings. The van der Waals surface area contributed by atoms with Crippen LogP contribution in [-0.2, 0) is 12.4 Å². The highest BCUT2D eigenvalue weighted by Crippen LogP contribution is 2.49. The number of para-hydroxylation sites is 2. The van der Waals surface area contributed by atoms with E-state index in [9.17, 15) is 26.3 Å². The lowest BCUT2D eigenvalue weighted by Gasteiger charge is -2.24. The van der Waals surface area contributed by atoms with Crippen molar-refractivity contribution in [1.82, 2.24) is 9.13 Å². The van der Waals surface area contributed by atoms with Crippen LogP contribution in [0.3, 0.4) is 0 Å². The molecule has 10 aromatic rings. The number of alkyl halides is 6. The molecule has 0 spiro atoms. The first-order chi connectivity index (χ1) is 32.7. The van der Waals surface area contributed by atoms with Crippen LogP contribution >= 0.6 is 0 Å². The van der Waals surface area contributed by atoms with Crippen LogP contribution in [0.4, 0.5) is 26.3 Å². The van der Waals surface area contributed by atoms with Gasteiger partial charge in [-0.2, -0.15) is 52.7 Å². The third-order valence-electron chi connectivity index (χ3n) is 12.1. The van der Waals surface area contributed by atoms with Gasteiger partial charge in [0.25, 0.3) is 0 Å². The second-order valence-corrected chi connectivity index (χ2v) is 15.9. The number of nitrogens with zero attached hydrogens (tertiary/aromatic N) is 7. The quantitative estimate of drug-likeness (QED) is 0.159. The second kappa shape index (κ2) is 15.8. The molecule has 0 radical (unpaired) electrons. The van der Waals surface area contributed by atoms with Crippen molar-refractivity contribution in [2.24, 2.45) is 0 Å². The van der Waals surface area contributed by atoms with Crippen molar-refractivity contribution >= 4 is 43.6 Å². The first kappa shape index (κ1) is 42.3. The van der Waals surface area contributed by atoms with Gasteiger partial charge in [0, 0.05) is 32.7 Å². The molecule has 322 valence electrons. The maximum atomic E-state index is 15.4. The van der Waals surface area contributed by atoms with Crippen molar-refractivity contribution in [3.63, 3.8) is 0 Å². The predicted octanol–water partition coefficient (Wildman–Crippen LogP) is 14.3. The number of nitriles is 5. The van der Waals surface area contributed by atoms with Crippen LogP contribution in [0.2, 0.25) is 0 Å². The van der Waals surface area contributed by atoms with Gasteiger partial charge in [-0.3, -0.25) is 0 Å². The number of aromatic nitrogens is 2. The van der Waals surface area contributed by atoms with Crippen molar-refractivity contribution in [3.05, 3.63) is 191 Å². The van der Waals surface area contributed by atoms with Crippen LogP contribution in [0.15, 0.2) is 152 Å². The van der Waals surface area contributed by atoms with Crippen LogP contribution in [0.25, 0.3) is 88.4 Å². The largest absolute Gasteiger partial charge is 0.417 e. The van der Waals surface area contributed by atoms with Gasteiger partial charge < -0.3 is 9.13 Å². The Morgan fingerprint density at radius 2 is 0.765 bits per heavy atom. The van der Waals surface area contributed by atoms with Gasteiger partial charge in [-0.1, -0.05) is 66.7 Å². The van der Waals surface area contributed by atoms with Crippen LogP contribution < -0.4 is 0 Å². The molecule has 0 fully saturated rings. The fourth-order valence-corrected chi connectivity index (χ4v) is 9.22. The molecule has 0 N–H and O–H groups in total. The first-order valence-electron chi connectivity index (χ1n) is 20.6. The molecule has 0 saturated heterocycles. The van der Waals surface area contributed by atoms with E-state index in [0.29, 0.717) is 84.1 Å². The van der Waals surface area contributed by atoms with Gasteiger partial charge in [0.05, 0.1) is 96.7 Å². The van der Waals surface area contributed by atoms with Crippen molar-refractivity contribution in [2.75, 3.05) is 0 Å². The van der Waals surface area contributed by atoms with E-state index in [1.165, 1.54) is 24.3 Å². The van der Waals surface area contributed by atoms with Crippen LogP contribution in [0, 0.1) is 56.7 Å². The number of fused-ring (bicyclic) bond motifs is 6. The van der Waals surface area contributed by atoms with Gasteiger partial charge in [0.1, 0.15) is 6.07 Å². The summed E-state index contributed by atoms with van der Waals surface area (Å²) in [4.78, 5) is 0. The Morgan fingerprint density at radius 1 is 0.353 bits per heavy atom. The Balaban J connectivity index is 1.37. The summed E-state index contributed by atoms with van der Waals surface area (Å²) in [6, 6.07) is 48.4. The van der Waals surface area contributed by atoms with Gasteiger partial charge in [0.2, 0.25) is 0 Å². The van der Waals surface area contributed by atoms with Gasteiger partial charge in [-0.15, -0.1) is 0 Å². The molecular formula is C55H25F6N7. The minimum Gasteiger partial charge on any atom is -0.309 e. The summed E-state index contributed by atoms with van der Waals surface area (Å²) in [5.41, 5.74) is -0.593. The Morgan fingerprint density at radius 3 is 1.18 bits per heavy atom. The van der Waals surface area contributed by atoms with E-state index < -0.39 is 34.6 Å². The molecule has 13 heteroatoms. The highest BCUT2D eigenvalue weighted by atomic mass is 19.4. The van der Waals surface area contributed by atoms with Crippen LogP contribution in [0.5, 0.6) is 0 Å². The molecule has 0 aliphatic carbocycles. The van der Waals surface area contributed by atoms with Crippen molar-refractivity contribution in [1.29, 1.82) is 26.3 Å². The summed E-state index contributed by atoms with van der Waals surface area (Å²) >= 11 is 0. The first-order valence-corrected chi connectivity index (χ1v) is 20.6. The van der Waals surface area contributed by atoms with E-state index in [-0.39, 0.29) is 39.2 Å². The van der Waals surface area contributed by atoms with E-state index in [1.54, 1.807) is 112 Å². The van der Waals surface area contributed by atoms with Crippen LogP contribution in [0.1, 0.15) is 38.9 Å². The minimum absolute atomic E-state index is 0.0259. The monoisotopic (exact) mass is 897 g/mol. The van der Waals surface area contributed by atoms with Crippen molar-refractivity contribution < 1.29 is 26.3 Å². The van der Waals surface area contributed by atoms with Gasteiger partial charge in [-0.05, 0) is 107 Å². The maximum absolute atomic E-state index is 15.4. The summed E-state index contributed by atoms with van der Waals surface area (Å²) in [6.45, 7) is 0. The zero-order valence-corrected chi connectivity index (χ0v) is 34.8. The third-order valence-corrected chi connectivity index (χ3v) is 12.1. The molecule has 10 rings (SSSR count). The summed E-state index contributed by atoms with van der Waals surface area (Å²) < 4.78 is 95.4. The smallest absolute Gasteiger partial charge is 0.309 e. The van der Waals surface area contributed by atoms with Crippen molar-refractivity contribution in [2.45, 2.75) is 12.4 Å². The average Bonchev–Trinajstić information content (AvgIpc) is 3.86. The molecule has 0 aliphatic heterocycles. The number of halogens is 6. The normalized spacial score (nSPS) is 11.6. The number of hydrogen-bond donors (Lipinski definition) is 0. The number of benzene rings is 8. The van der Waals surface area contributed by atoms with E-state index >= 15 is 26.3 Å². The second-order valence-electron chi connectivity index (χ2n) is 15.9. The lowest BCUT2D eigenvalue weighted by molar-refractivity contribution is -0.142. The molecule has 2 aromatic heterocycles. The van der Waals surface area contributed by atoms with E-state index in [4.69, 9.17) is 0 Å². The summed E-state index contributed by atoms with van der Waals surface area (Å²) in [5.74, 6) is 0. The fourth-order valence-electron chi connectivity index (χ4n) is 9.22. The van der Waals surface area contributed by atoms with Gasteiger partial charge in [0.15, 0.2) is 0 Å². The lowest BCUT2D eigenvalue weighted by atomic mass is 9.90. The summed E-state index contributed by atoms with van der Waals surface area (Å²) in [6.07, 6.45) is -10.6. The van der Waals surface area contributed by atoms with E-state index in [0.717, 1.165) is 0 Å². The number of rotatable bonds is 5. The molecule has 0 atom stereocenters. The highest BCUT2D eigenvalue weighted by molar-refractivity contribution is 6.12. The van der Waals surface area contributed by atoms with Gasteiger partial charge >= 0.3 is 12.4 Å². The zero-order valence-electron chi connectivity index (χ0n) is 34.8. The van der Waals surface area contributed by atoms with Crippen molar-refractivity contribution in [3.8, 4) is 75.1 Å². The Labute approximate surface area is 382 Å². The average molecular weight is 898 g/mol. The lowest BCUT2D eigenvalue weighted by Crippen LogP contribution is -2.15. The molecule has 7 nitrogen and oxygen atoms in total. The molecule has 0 amide bonds. The topological polar surface area (TPSA) is 129 Å². The molecule has 8 aromatic carbocycles. The molecule has 0 bridgehead atoms. The minimum atomic E-state index is -5.29. The fraction of sp³-hybridized carbons (Fsp3) is 0.0364. The standard InChI is InChI=1S/C55H25F6N7/c56-54(57,58)45-8-5-9-46(55(59,60)61)53(45)44-25-49(67-47-10-3-1-6-40(47)42-14-12-35(22-50(42)67)37-18-31(26-62)16-32(19-37)27-63)39(30-66)24-52(44)68-48-11-4-2-7-41(48)43-15-13-36(23-51(43)68)38-20-33(28-64)17-34(21-38)29-65/h1-25H. The summed E-state index contributed by atoms with van der Waals surface area (Å²) in [5, 5.41) is 52.7.